The molecule has 0 heterocycles. The number of amides is 2. The molecule has 0 spiro atoms. The van der Waals surface area contributed by atoms with E-state index in [4.69, 9.17) is 4.74 Å². The van der Waals surface area contributed by atoms with E-state index in [9.17, 15) is 4.79 Å². The summed E-state index contributed by atoms with van der Waals surface area (Å²) in [5.74, 6) is 0.886. The maximum atomic E-state index is 11.9. The van der Waals surface area contributed by atoms with Crippen molar-refractivity contribution in [3.8, 4) is 0 Å². The third-order valence-electron chi connectivity index (χ3n) is 2.45. The Morgan fingerprint density at radius 2 is 2.26 bits per heavy atom. The average molecular weight is 347 g/mol. The third kappa shape index (κ3) is 5.42. The van der Waals surface area contributed by atoms with Gasteiger partial charge in [0, 0.05) is 34.6 Å². The third-order valence-corrected chi connectivity index (χ3v) is 4.03. The molecule has 106 valence electrons. The zero-order chi connectivity index (χ0) is 14.3. The van der Waals surface area contributed by atoms with Gasteiger partial charge < -0.3 is 15.4 Å². The van der Waals surface area contributed by atoms with Crippen molar-refractivity contribution < 1.29 is 9.53 Å². The number of urea groups is 1. The van der Waals surface area contributed by atoms with E-state index in [-0.39, 0.29) is 12.1 Å². The molecule has 2 amide bonds. The molecule has 0 saturated heterocycles. The van der Waals surface area contributed by atoms with Crippen LogP contribution in [0.4, 0.5) is 10.5 Å². The van der Waals surface area contributed by atoms with Crippen LogP contribution >= 0.6 is 27.7 Å². The second-order valence-electron chi connectivity index (χ2n) is 4.15. The van der Waals surface area contributed by atoms with E-state index in [0.29, 0.717) is 6.61 Å². The van der Waals surface area contributed by atoms with E-state index in [0.717, 1.165) is 21.5 Å². The molecule has 4 nitrogen and oxygen atoms in total. The first-order chi connectivity index (χ1) is 9.08. The summed E-state index contributed by atoms with van der Waals surface area (Å²) in [6.45, 7) is 2.42. The molecule has 0 aromatic heterocycles. The van der Waals surface area contributed by atoms with Crippen LogP contribution in [0.25, 0.3) is 0 Å². The van der Waals surface area contributed by atoms with Crippen molar-refractivity contribution in [2.75, 3.05) is 24.4 Å². The van der Waals surface area contributed by atoms with Crippen LogP contribution in [0.15, 0.2) is 22.7 Å². The van der Waals surface area contributed by atoms with Gasteiger partial charge in [0.05, 0.1) is 6.61 Å². The number of hydrogen-bond donors (Lipinski definition) is 2. The Morgan fingerprint density at radius 3 is 2.89 bits per heavy atom. The van der Waals surface area contributed by atoms with E-state index >= 15 is 0 Å². The summed E-state index contributed by atoms with van der Waals surface area (Å²) in [5.41, 5.74) is 1.68. The lowest BCUT2D eigenvalue weighted by Gasteiger charge is -2.16. The molecule has 19 heavy (non-hydrogen) atoms. The smallest absolute Gasteiger partial charge is 0.319 e. The van der Waals surface area contributed by atoms with Crippen molar-refractivity contribution in [1.82, 2.24) is 5.32 Å². The number of methoxy groups -OCH3 is 1. The van der Waals surface area contributed by atoms with Gasteiger partial charge in [0.2, 0.25) is 0 Å². The number of hydrogen-bond acceptors (Lipinski definition) is 3. The zero-order valence-corrected chi connectivity index (χ0v) is 13.7. The minimum atomic E-state index is -0.197. The van der Waals surface area contributed by atoms with E-state index in [1.807, 2.05) is 31.4 Å². The zero-order valence-electron chi connectivity index (χ0n) is 11.3. The largest absolute Gasteiger partial charge is 0.380 e. The van der Waals surface area contributed by atoms with Gasteiger partial charge in [0.1, 0.15) is 0 Å². The summed E-state index contributed by atoms with van der Waals surface area (Å²) < 4.78 is 6.07. The number of ether oxygens (including phenoxy) is 1. The molecule has 2 N–H and O–H groups in total. The highest BCUT2D eigenvalue weighted by atomic mass is 79.9. The predicted molar refractivity (Wildman–Crippen MR) is 84.9 cm³/mol. The molecule has 1 atom stereocenters. The maximum Gasteiger partial charge on any atom is 0.319 e. The monoisotopic (exact) mass is 346 g/mol. The predicted octanol–water partition coefficient (Wildman–Crippen LogP) is 3.47. The fourth-order valence-corrected chi connectivity index (χ4v) is 2.70. The Morgan fingerprint density at radius 1 is 1.53 bits per heavy atom. The quantitative estimate of drug-likeness (QED) is 0.829. The van der Waals surface area contributed by atoms with E-state index in [1.54, 1.807) is 18.9 Å². The van der Waals surface area contributed by atoms with Crippen LogP contribution in [-0.2, 0) is 11.3 Å². The van der Waals surface area contributed by atoms with Crippen molar-refractivity contribution in [2.24, 2.45) is 0 Å². The lowest BCUT2D eigenvalue weighted by molar-refractivity contribution is 0.185. The van der Waals surface area contributed by atoms with Crippen LogP contribution in [0.5, 0.6) is 0 Å². The first-order valence-corrected chi connectivity index (χ1v) is 8.10. The molecule has 1 aromatic rings. The highest BCUT2D eigenvalue weighted by molar-refractivity contribution is 9.10. The molecular weight excluding hydrogens is 328 g/mol. The second kappa shape index (κ2) is 8.45. The highest BCUT2D eigenvalue weighted by Gasteiger charge is 2.11. The van der Waals surface area contributed by atoms with E-state index in [2.05, 4.69) is 26.6 Å². The molecule has 0 fully saturated rings. The average Bonchev–Trinajstić information content (AvgIpc) is 2.33. The maximum absolute atomic E-state index is 11.9. The van der Waals surface area contributed by atoms with Crippen molar-refractivity contribution in [3.05, 3.63) is 28.2 Å². The number of thioether (sulfide) groups is 1. The van der Waals surface area contributed by atoms with Crippen LogP contribution in [0.2, 0.25) is 0 Å². The van der Waals surface area contributed by atoms with Crippen LogP contribution in [-0.4, -0.2) is 31.2 Å². The Bertz CT molecular complexity index is 429. The van der Waals surface area contributed by atoms with E-state index in [1.165, 1.54) is 0 Å². The topological polar surface area (TPSA) is 50.4 Å². The molecule has 0 aliphatic rings. The molecule has 1 aromatic carbocycles. The van der Waals surface area contributed by atoms with Crippen molar-refractivity contribution >= 4 is 39.4 Å². The number of rotatable bonds is 6. The summed E-state index contributed by atoms with van der Waals surface area (Å²) in [6, 6.07) is 5.60. The summed E-state index contributed by atoms with van der Waals surface area (Å²) in [4.78, 5) is 11.9. The van der Waals surface area contributed by atoms with Gasteiger partial charge in [-0.15, -0.1) is 0 Å². The van der Waals surface area contributed by atoms with Gasteiger partial charge in [-0.05, 0) is 25.3 Å². The number of nitrogens with one attached hydrogen (secondary N) is 2. The van der Waals surface area contributed by atoms with Crippen molar-refractivity contribution in [3.63, 3.8) is 0 Å². The standard InChI is InChI=1S/C13H19BrN2O2S/c1-9(8-19-3)15-13(17)16-12-6-4-5-11(14)10(12)7-18-2/h4-6,9H,7-8H2,1-3H3,(H2,15,16,17)/t9-/m1/s1. The fraction of sp³-hybridized carbons (Fsp3) is 0.462. The second-order valence-corrected chi connectivity index (χ2v) is 5.92. The van der Waals surface area contributed by atoms with Gasteiger partial charge in [-0.25, -0.2) is 4.79 Å². The molecule has 0 bridgehead atoms. The summed E-state index contributed by atoms with van der Waals surface area (Å²) in [7, 11) is 1.63. The fourth-order valence-electron chi connectivity index (χ4n) is 1.64. The summed E-state index contributed by atoms with van der Waals surface area (Å²) >= 11 is 5.16. The Hall–Kier alpha value is -0.720. The van der Waals surface area contributed by atoms with Crippen LogP contribution in [0.1, 0.15) is 12.5 Å². The number of benzene rings is 1. The lowest BCUT2D eigenvalue weighted by Crippen LogP contribution is -2.37. The van der Waals surface area contributed by atoms with Crippen LogP contribution in [0.3, 0.4) is 0 Å². The van der Waals surface area contributed by atoms with Gasteiger partial charge in [0.25, 0.3) is 0 Å². The summed E-state index contributed by atoms with van der Waals surface area (Å²) in [6.07, 6.45) is 2.01. The normalized spacial score (nSPS) is 12.0. The molecular formula is C13H19BrN2O2S. The number of carbonyl (C=O) groups excluding carboxylic acids is 1. The SMILES string of the molecule is COCc1c(Br)cccc1NC(=O)N[C@H](C)CSC. The van der Waals surface area contributed by atoms with Gasteiger partial charge in [-0.1, -0.05) is 22.0 Å². The number of anilines is 1. The van der Waals surface area contributed by atoms with Crippen molar-refractivity contribution in [1.29, 1.82) is 0 Å². The minimum absolute atomic E-state index is 0.132. The van der Waals surface area contributed by atoms with Gasteiger partial charge in [0.15, 0.2) is 0 Å². The van der Waals surface area contributed by atoms with Gasteiger partial charge in [-0.3, -0.25) is 0 Å². The first kappa shape index (κ1) is 16.3. The molecule has 0 radical (unpaired) electrons. The molecule has 1 rings (SSSR count). The van der Waals surface area contributed by atoms with Crippen molar-refractivity contribution in [2.45, 2.75) is 19.6 Å². The molecule has 6 heteroatoms. The Labute approximate surface area is 126 Å². The first-order valence-electron chi connectivity index (χ1n) is 5.91. The Balaban J connectivity index is 2.71. The van der Waals surface area contributed by atoms with E-state index < -0.39 is 0 Å². The molecule has 0 unspecified atom stereocenters. The van der Waals surface area contributed by atoms with Gasteiger partial charge >= 0.3 is 6.03 Å². The number of halogens is 1. The summed E-state index contributed by atoms with van der Waals surface area (Å²) in [5, 5.41) is 5.75. The van der Waals surface area contributed by atoms with Crippen LogP contribution in [0, 0.1) is 0 Å². The van der Waals surface area contributed by atoms with Crippen LogP contribution < -0.4 is 10.6 Å². The molecule has 0 aliphatic carbocycles. The number of carbonyl (C=O) groups is 1. The highest BCUT2D eigenvalue weighted by Crippen LogP contribution is 2.25. The lowest BCUT2D eigenvalue weighted by atomic mass is 10.2. The molecule has 0 saturated carbocycles. The molecule has 0 aliphatic heterocycles. The minimum Gasteiger partial charge on any atom is -0.380 e. The van der Waals surface area contributed by atoms with Gasteiger partial charge in [-0.2, -0.15) is 11.8 Å². The Kier molecular flexibility index (Phi) is 7.27.